The molecule has 1 heterocycles. The molecule has 1 aromatic rings. The van der Waals surface area contributed by atoms with Gasteiger partial charge in [-0.2, -0.15) is 0 Å². The third-order valence-corrected chi connectivity index (χ3v) is 4.67. The van der Waals surface area contributed by atoms with Crippen LogP contribution in [-0.4, -0.2) is 38.3 Å². The normalized spacial score (nSPS) is 17.5. The number of benzene rings is 1. The Kier molecular flexibility index (Phi) is 8.93. The van der Waals surface area contributed by atoms with Gasteiger partial charge in [0.15, 0.2) is 5.76 Å². The number of aliphatic hydroxyl groups is 1. The molecule has 0 bridgehead atoms. The van der Waals surface area contributed by atoms with Crippen molar-refractivity contribution in [3.63, 3.8) is 0 Å². The number of nitrogens with one attached hydrogen (secondary N) is 1. The van der Waals surface area contributed by atoms with E-state index in [1.807, 2.05) is 45.0 Å². The lowest BCUT2D eigenvalue weighted by Crippen LogP contribution is -2.48. The minimum Gasteiger partial charge on any atom is -0.503 e. The second-order valence-electron chi connectivity index (χ2n) is 6.39. The largest absolute Gasteiger partial charge is 0.503 e. The van der Waals surface area contributed by atoms with E-state index in [0.717, 1.165) is 24.0 Å². The predicted octanol–water partition coefficient (Wildman–Crippen LogP) is 2.50. The maximum atomic E-state index is 12.7. The summed E-state index contributed by atoms with van der Waals surface area (Å²) in [5.41, 5.74) is 4.15. The monoisotopic (exact) mass is 379 g/mol. The number of aryl methyl sites for hydroxylation is 1. The summed E-state index contributed by atoms with van der Waals surface area (Å²) in [6, 6.07) is 6.34. The van der Waals surface area contributed by atoms with Gasteiger partial charge in [-0.3, -0.25) is 14.8 Å². The lowest BCUT2D eigenvalue weighted by Gasteiger charge is -2.33. The van der Waals surface area contributed by atoms with Crippen LogP contribution in [0.2, 0.25) is 0 Å². The zero-order valence-electron chi connectivity index (χ0n) is 16.0. The van der Waals surface area contributed by atoms with Gasteiger partial charge in [0, 0.05) is 5.57 Å². The number of aliphatic hydroxyl groups excluding tert-OH is 1. The zero-order valence-corrected chi connectivity index (χ0v) is 16.0. The fraction of sp³-hybridized carbons (Fsp3) is 0.474. The van der Waals surface area contributed by atoms with Gasteiger partial charge in [-0.25, -0.2) is 11.4 Å². The molecule has 2 unspecified atom stereocenters. The van der Waals surface area contributed by atoms with Crippen LogP contribution in [0.5, 0.6) is 0 Å². The zero-order chi connectivity index (χ0) is 20.6. The summed E-state index contributed by atoms with van der Waals surface area (Å²) in [5.74, 6) is 2.01. The van der Waals surface area contributed by atoms with Crippen LogP contribution in [-0.2, 0) is 9.59 Å². The first-order chi connectivity index (χ1) is 13.0. The maximum Gasteiger partial charge on any atom is 0.290 e. The Morgan fingerprint density at radius 1 is 1.33 bits per heavy atom. The summed E-state index contributed by atoms with van der Waals surface area (Å²) in [7, 11) is 0. The average Bonchev–Trinajstić information content (AvgIpc) is 2.94. The van der Waals surface area contributed by atoms with Gasteiger partial charge in [0.1, 0.15) is 6.04 Å². The molecular weight excluding hydrogens is 350 g/mol. The van der Waals surface area contributed by atoms with E-state index in [4.69, 9.17) is 10.4 Å². The maximum absolute atomic E-state index is 12.7. The number of amides is 2. The quantitative estimate of drug-likeness (QED) is 0.365. The fourth-order valence-corrected chi connectivity index (χ4v) is 3.43. The molecule has 2 amide bonds. The Bertz CT molecular complexity index is 690. The number of hydrogen-bond acceptors (Lipinski definition) is 6. The Labute approximate surface area is 159 Å². The molecule has 1 aliphatic heterocycles. The first-order valence-corrected chi connectivity index (χ1v) is 8.97. The van der Waals surface area contributed by atoms with Gasteiger partial charge in [0.05, 0.1) is 6.04 Å². The minimum atomic E-state index is -0.839. The van der Waals surface area contributed by atoms with Crippen molar-refractivity contribution >= 4 is 11.8 Å². The van der Waals surface area contributed by atoms with Crippen molar-refractivity contribution in [2.45, 2.75) is 58.5 Å². The van der Waals surface area contributed by atoms with E-state index in [9.17, 15) is 14.7 Å². The van der Waals surface area contributed by atoms with E-state index in [-0.39, 0.29) is 5.76 Å². The highest BCUT2D eigenvalue weighted by atomic mass is 16.5. The van der Waals surface area contributed by atoms with Crippen molar-refractivity contribution in [1.29, 1.82) is 0 Å². The third-order valence-electron chi connectivity index (χ3n) is 4.67. The van der Waals surface area contributed by atoms with E-state index in [0.29, 0.717) is 18.4 Å². The molecule has 8 nitrogen and oxygen atoms in total. The first kappa shape index (κ1) is 22.6. The molecule has 0 aromatic heterocycles. The fourth-order valence-electron chi connectivity index (χ4n) is 3.43. The van der Waals surface area contributed by atoms with E-state index in [1.165, 1.54) is 4.90 Å². The second kappa shape index (κ2) is 10.7. The lowest BCUT2D eigenvalue weighted by atomic mass is 9.94. The molecule has 0 saturated heterocycles. The second-order valence-corrected chi connectivity index (χ2v) is 6.39. The van der Waals surface area contributed by atoms with Crippen LogP contribution < -0.4 is 11.4 Å². The van der Waals surface area contributed by atoms with E-state index < -0.39 is 23.9 Å². The van der Waals surface area contributed by atoms with Crippen LogP contribution in [0.15, 0.2) is 35.6 Å². The van der Waals surface area contributed by atoms with Gasteiger partial charge in [0.25, 0.3) is 11.8 Å². The van der Waals surface area contributed by atoms with Gasteiger partial charge in [0.2, 0.25) is 0 Å². The van der Waals surface area contributed by atoms with Crippen molar-refractivity contribution in [2.75, 3.05) is 0 Å². The number of nitrogens with zero attached hydrogens (tertiary/aromatic N) is 1. The Morgan fingerprint density at radius 3 is 2.52 bits per heavy atom. The molecule has 2 atom stereocenters. The molecule has 0 fully saturated rings. The SMILES string of the molecule is CCCCC(C(=O)NO)N1C(=O)C(O)=C(CC)C1c1cccc(C)c1.NO. The molecule has 0 saturated carbocycles. The molecule has 0 radical (unpaired) electrons. The molecule has 27 heavy (non-hydrogen) atoms. The standard InChI is InChI=1S/C19H26N2O4.H3NO/c1-4-6-10-15(18(23)20-25)21-16(13-9-7-8-12(3)11-13)14(5-2)17(22)19(21)24;1-2/h7-9,11,15-16,22,25H,4-6,10H2,1-3H3,(H,20,23);2H,1H2. The molecule has 8 heteroatoms. The van der Waals surface area contributed by atoms with Gasteiger partial charge in [-0.05, 0) is 25.3 Å². The highest BCUT2D eigenvalue weighted by Crippen LogP contribution is 2.41. The Balaban J connectivity index is 0.00000176. The van der Waals surface area contributed by atoms with Gasteiger partial charge in [-0.15, -0.1) is 0 Å². The van der Waals surface area contributed by atoms with Crippen molar-refractivity contribution in [2.24, 2.45) is 5.90 Å². The molecule has 1 aromatic carbocycles. The third kappa shape index (κ3) is 4.85. The topological polar surface area (TPSA) is 136 Å². The molecule has 6 N–H and O–H groups in total. The van der Waals surface area contributed by atoms with Crippen molar-refractivity contribution < 1.29 is 25.1 Å². The van der Waals surface area contributed by atoms with E-state index in [1.54, 1.807) is 5.48 Å². The van der Waals surface area contributed by atoms with Crippen LogP contribution in [0.1, 0.15) is 56.7 Å². The Morgan fingerprint density at radius 2 is 2.00 bits per heavy atom. The molecule has 1 aliphatic rings. The van der Waals surface area contributed by atoms with Crippen molar-refractivity contribution in [3.8, 4) is 0 Å². The number of hydroxylamine groups is 1. The molecule has 0 aliphatic carbocycles. The summed E-state index contributed by atoms with van der Waals surface area (Å²) in [6.07, 6.45) is 2.49. The average molecular weight is 379 g/mol. The highest BCUT2D eigenvalue weighted by molar-refractivity contribution is 5.99. The Hall–Kier alpha value is -2.42. The van der Waals surface area contributed by atoms with Gasteiger partial charge >= 0.3 is 0 Å². The summed E-state index contributed by atoms with van der Waals surface area (Å²) in [4.78, 5) is 26.4. The van der Waals surface area contributed by atoms with Crippen LogP contribution in [0.25, 0.3) is 0 Å². The van der Waals surface area contributed by atoms with E-state index >= 15 is 0 Å². The number of rotatable bonds is 7. The molecular formula is C19H29N3O5. The molecule has 0 spiro atoms. The van der Waals surface area contributed by atoms with Crippen molar-refractivity contribution in [3.05, 3.63) is 46.7 Å². The number of nitrogens with two attached hydrogens (primary N) is 1. The smallest absolute Gasteiger partial charge is 0.290 e. The van der Waals surface area contributed by atoms with Crippen LogP contribution >= 0.6 is 0 Å². The van der Waals surface area contributed by atoms with Gasteiger partial charge < -0.3 is 15.2 Å². The van der Waals surface area contributed by atoms with Crippen LogP contribution in [0.4, 0.5) is 0 Å². The predicted molar refractivity (Wildman–Crippen MR) is 99.9 cm³/mol. The molecule has 150 valence electrons. The number of hydrogen-bond donors (Lipinski definition) is 5. The lowest BCUT2D eigenvalue weighted by molar-refractivity contribution is -0.144. The van der Waals surface area contributed by atoms with Crippen LogP contribution in [0, 0.1) is 6.92 Å². The summed E-state index contributed by atoms with van der Waals surface area (Å²) >= 11 is 0. The summed E-state index contributed by atoms with van der Waals surface area (Å²) in [5, 5.41) is 26.0. The number of unbranched alkanes of at least 4 members (excludes halogenated alkanes) is 1. The van der Waals surface area contributed by atoms with Crippen molar-refractivity contribution in [1.82, 2.24) is 10.4 Å². The summed E-state index contributed by atoms with van der Waals surface area (Å²) in [6.45, 7) is 5.82. The highest BCUT2D eigenvalue weighted by Gasteiger charge is 2.45. The first-order valence-electron chi connectivity index (χ1n) is 8.97. The van der Waals surface area contributed by atoms with E-state index in [2.05, 4.69) is 5.90 Å². The van der Waals surface area contributed by atoms with Gasteiger partial charge in [-0.1, -0.05) is 56.5 Å². The number of carbonyl (C=O) groups excluding carboxylic acids is 2. The molecule has 2 rings (SSSR count). The number of carbonyl (C=O) groups is 2. The van der Waals surface area contributed by atoms with Crippen LogP contribution in [0.3, 0.4) is 0 Å². The summed E-state index contributed by atoms with van der Waals surface area (Å²) < 4.78 is 0. The minimum absolute atomic E-state index is 0.291.